The molecule has 0 aromatic heterocycles. The standard InChI is InChI=1S/C15H22N2O3/c1-3-4-9-16-14(18)12-5-7-13(8-6-12)15(19)17-10-11-20-2/h5-8H,3-4,9-11H2,1-2H3,(H,16,18)(H,17,19). The van der Waals surface area contributed by atoms with Crippen LogP contribution in [0.25, 0.3) is 0 Å². The van der Waals surface area contributed by atoms with Crippen molar-refractivity contribution in [2.24, 2.45) is 0 Å². The van der Waals surface area contributed by atoms with E-state index in [1.807, 2.05) is 0 Å². The number of unbranched alkanes of at least 4 members (excludes halogenated alkanes) is 1. The van der Waals surface area contributed by atoms with E-state index in [4.69, 9.17) is 4.74 Å². The molecule has 0 aliphatic heterocycles. The van der Waals surface area contributed by atoms with Crippen LogP contribution in [0.15, 0.2) is 24.3 Å². The molecule has 1 aromatic carbocycles. The first kappa shape index (κ1) is 16.2. The lowest BCUT2D eigenvalue weighted by Gasteiger charge is -2.06. The molecule has 0 fully saturated rings. The molecule has 0 bridgehead atoms. The van der Waals surface area contributed by atoms with E-state index in [2.05, 4.69) is 17.6 Å². The third-order valence-corrected chi connectivity index (χ3v) is 2.82. The van der Waals surface area contributed by atoms with Gasteiger partial charge in [-0.3, -0.25) is 9.59 Å². The van der Waals surface area contributed by atoms with E-state index in [1.165, 1.54) is 0 Å². The highest BCUT2D eigenvalue weighted by atomic mass is 16.5. The second kappa shape index (κ2) is 9.09. The molecule has 20 heavy (non-hydrogen) atoms. The first-order chi connectivity index (χ1) is 9.69. The summed E-state index contributed by atoms with van der Waals surface area (Å²) in [6.07, 6.45) is 2.01. The summed E-state index contributed by atoms with van der Waals surface area (Å²) in [5, 5.41) is 5.56. The molecule has 0 saturated heterocycles. The minimum absolute atomic E-state index is 0.107. The molecule has 2 N–H and O–H groups in total. The number of nitrogens with one attached hydrogen (secondary N) is 2. The van der Waals surface area contributed by atoms with Crippen molar-refractivity contribution in [1.29, 1.82) is 0 Å². The van der Waals surface area contributed by atoms with Gasteiger partial charge in [0.1, 0.15) is 0 Å². The Kier molecular flexibility index (Phi) is 7.35. The summed E-state index contributed by atoms with van der Waals surface area (Å²) in [6, 6.07) is 6.62. The van der Waals surface area contributed by atoms with Crippen LogP contribution < -0.4 is 10.6 Å². The smallest absolute Gasteiger partial charge is 0.251 e. The number of hydrogen-bond donors (Lipinski definition) is 2. The molecule has 0 saturated carbocycles. The van der Waals surface area contributed by atoms with Crippen LogP contribution in [0.3, 0.4) is 0 Å². The number of amides is 2. The molecule has 2 amide bonds. The zero-order valence-electron chi connectivity index (χ0n) is 12.1. The molecule has 5 heteroatoms. The van der Waals surface area contributed by atoms with Gasteiger partial charge in [0.25, 0.3) is 11.8 Å². The van der Waals surface area contributed by atoms with Crippen LogP contribution in [-0.4, -0.2) is 38.6 Å². The van der Waals surface area contributed by atoms with Gasteiger partial charge in [-0.15, -0.1) is 0 Å². The SMILES string of the molecule is CCCCNC(=O)c1ccc(C(=O)NCCOC)cc1. The van der Waals surface area contributed by atoms with Crippen molar-refractivity contribution in [3.8, 4) is 0 Å². The Morgan fingerprint density at radius 1 is 1.00 bits per heavy atom. The first-order valence-electron chi connectivity index (χ1n) is 6.84. The summed E-state index contributed by atoms with van der Waals surface area (Å²) in [6.45, 7) is 3.69. The highest BCUT2D eigenvalue weighted by molar-refractivity contribution is 5.97. The van der Waals surface area contributed by atoms with Gasteiger partial charge in [0, 0.05) is 31.3 Å². The Bertz CT molecular complexity index is 388. The van der Waals surface area contributed by atoms with Crippen LogP contribution in [0.4, 0.5) is 0 Å². The quantitative estimate of drug-likeness (QED) is 0.710. The molecule has 0 radical (unpaired) electrons. The van der Waals surface area contributed by atoms with E-state index < -0.39 is 0 Å². The number of benzene rings is 1. The fourth-order valence-corrected chi connectivity index (χ4v) is 1.62. The van der Waals surface area contributed by atoms with Gasteiger partial charge in [0.15, 0.2) is 0 Å². The van der Waals surface area contributed by atoms with Crippen LogP contribution in [-0.2, 0) is 4.74 Å². The van der Waals surface area contributed by atoms with Crippen molar-refractivity contribution in [3.05, 3.63) is 35.4 Å². The van der Waals surface area contributed by atoms with Crippen LogP contribution >= 0.6 is 0 Å². The van der Waals surface area contributed by atoms with Crippen LogP contribution in [0.5, 0.6) is 0 Å². The van der Waals surface area contributed by atoms with Crippen molar-refractivity contribution < 1.29 is 14.3 Å². The predicted octanol–water partition coefficient (Wildman–Crippen LogP) is 1.59. The number of carbonyl (C=O) groups is 2. The van der Waals surface area contributed by atoms with Gasteiger partial charge in [-0.1, -0.05) is 13.3 Å². The van der Waals surface area contributed by atoms with Gasteiger partial charge in [0.05, 0.1) is 6.61 Å². The lowest BCUT2D eigenvalue weighted by Crippen LogP contribution is -2.27. The Balaban J connectivity index is 2.50. The second-order valence-electron chi connectivity index (χ2n) is 4.44. The van der Waals surface area contributed by atoms with Crippen LogP contribution in [0.2, 0.25) is 0 Å². The molecule has 0 atom stereocenters. The predicted molar refractivity (Wildman–Crippen MR) is 77.9 cm³/mol. The average molecular weight is 278 g/mol. The fraction of sp³-hybridized carbons (Fsp3) is 0.467. The Hall–Kier alpha value is -1.88. The highest BCUT2D eigenvalue weighted by Crippen LogP contribution is 2.04. The minimum Gasteiger partial charge on any atom is -0.383 e. The Labute approximate surface area is 119 Å². The lowest BCUT2D eigenvalue weighted by molar-refractivity contribution is 0.0931. The van der Waals surface area contributed by atoms with Crippen LogP contribution in [0.1, 0.15) is 40.5 Å². The second-order valence-corrected chi connectivity index (χ2v) is 4.44. The van der Waals surface area contributed by atoms with Crippen LogP contribution in [0, 0.1) is 0 Å². The van der Waals surface area contributed by atoms with Gasteiger partial charge in [-0.2, -0.15) is 0 Å². The average Bonchev–Trinajstić information content (AvgIpc) is 2.47. The Morgan fingerprint density at radius 2 is 1.50 bits per heavy atom. The molecule has 5 nitrogen and oxygen atoms in total. The maximum atomic E-state index is 11.8. The molecule has 110 valence electrons. The highest BCUT2D eigenvalue weighted by Gasteiger charge is 2.08. The van der Waals surface area contributed by atoms with Gasteiger partial charge in [0.2, 0.25) is 0 Å². The molecule has 0 spiro atoms. The van der Waals surface area contributed by atoms with E-state index in [1.54, 1.807) is 31.4 Å². The van der Waals surface area contributed by atoms with Gasteiger partial charge in [-0.25, -0.2) is 0 Å². The molecule has 0 aliphatic rings. The summed E-state index contributed by atoms with van der Waals surface area (Å²) in [4.78, 5) is 23.5. The third kappa shape index (κ3) is 5.40. The number of methoxy groups -OCH3 is 1. The molecule has 0 heterocycles. The van der Waals surface area contributed by atoms with E-state index >= 15 is 0 Å². The first-order valence-corrected chi connectivity index (χ1v) is 6.84. The van der Waals surface area contributed by atoms with Crippen molar-refractivity contribution in [2.45, 2.75) is 19.8 Å². The number of carbonyl (C=O) groups excluding carboxylic acids is 2. The summed E-state index contributed by atoms with van der Waals surface area (Å²) >= 11 is 0. The molecule has 0 aliphatic carbocycles. The minimum atomic E-state index is -0.167. The maximum Gasteiger partial charge on any atom is 0.251 e. The normalized spacial score (nSPS) is 10.1. The summed E-state index contributed by atoms with van der Waals surface area (Å²) in [5.41, 5.74) is 1.10. The number of hydrogen-bond acceptors (Lipinski definition) is 3. The number of ether oxygens (including phenoxy) is 1. The monoisotopic (exact) mass is 278 g/mol. The zero-order chi connectivity index (χ0) is 14.8. The van der Waals surface area contributed by atoms with E-state index in [0.717, 1.165) is 12.8 Å². The maximum absolute atomic E-state index is 11.8. The van der Waals surface area contributed by atoms with Crippen molar-refractivity contribution in [1.82, 2.24) is 10.6 Å². The summed E-state index contributed by atoms with van der Waals surface area (Å²) in [7, 11) is 1.58. The van der Waals surface area contributed by atoms with E-state index in [-0.39, 0.29) is 11.8 Å². The molecule has 1 rings (SSSR count). The zero-order valence-corrected chi connectivity index (χ0v) is 12.1. The molecule has 0 unspecified atom stereocenters. The lowest BCUT2D eigenvalue weighted by atomic mass is 10.1. The van der Waals surface area contributed by atoms with Gasteiger partial charge < -0.3 is 15.4 Å². The van der Waals surface area contributed by atoms with Crippen molar-refractivity contribution >= 4 is 11.8 Å². The molecular formula is C15H22N2O3. The van der Waals surface area contributed by atoms with Gasteiger partial charge >= 0.3 is 0 Å². The molecule has 1 aromatic rings. The van der Waals surface area contributed by atoms with Gasteiger partial charge in [-0.05, 0) is 30.7 Å². The third-order valence-electron chi connectivity index (χ3n) is 2.82. The van der Waals surface area contributed by atoms with Crippen molar-refractivity contribution in [3.63, 3.8) is 0 Å². The molecular weight excluding hydrogens is 256 g/mol. The topological polar surface area (TPSA) is 67.4 Å². The fourth-order valence-electron chi connectivity index (χ4n) is 1.62. The summed E-state index contributed by atoms with van der Waals surface area (Å²) < 4.78 is 4.86. The largest absolute Gasteiger partial charge is 0.383 e. The van der Waals surface area contributed by atoms with E-state index in [9.17, 15) is 9.59 Å². The number of rotatable bonds is 8. The summed E-state index contributed by atoms with van der Waals surface area (Å²) in [5.74, 6) is -0.273. The van der Waals surface area contributed by atoms with E-state index in [0.29, 0.717) is 30.8 Å². The Morgan fingerprint density at radius 3 is 1.95 bits per heavy atom. The van der Waals surface area contributed by atoms with Crippen molar-refractivity contribution in [2.75, 3.05) is 26.8 Å².